The monoisotopic (exact) mass is 283 g/mol. The number of nitrogens with zero attached hydrogens (tertiary/aromatic N) is 1. The zero-order valence-corrected chi connectivity index (χ0v) is 12.2. The number of carbonyl (C=O) groups is 1. The molecule has 1 aromatic rings. The molecule has 5 nitrogen and oxygen atoms in total. The van der Waals surface area contributed by atoms with Gasteiger partial charge in [0.25, 0.3) is 5.91 Å². The van der Waals surface area contributed by atoms with Crippen LogP contribution < -0.4 is 10.6 Å². The van der Waals surface area contributed by atoms with Gasteiger partial charge in [0.1, 0.15) is 0 Å². The van der Waals surface area contributed by atoms with Gasteiger partial charge >= 0.3 is 0 Å². The first-order valence-corrected chi connectivity index (χ1v) is 6.75. The highest BCUT2D eigenvalue weighted by atomic mass is 19.1. The van der Waals surface area contributed by atoms with Crippen molar-refractivity contribution in [1.82, 2.24) is 10.3 Å². The molecule has 1 heterocycles. The minimum absolute atomic E-state index is 0.00298. The molecule has 0 saturated heterocycles. The van der Waals surface area contributed by atoms with Crippen LogP contribution in [0.3, 0.4) is 0 Å². The summed E-state index contributed by atoms with van der Waals surface area (Å²) in [7, 11) is 1.60. The quantitative estimate of drug-likeness (QED) is 0.766. The molecular formula is C14H22FN3O2. The number of anilines is 1. The van der Waals surface area contributed by atoms with Crippen LogP contribution in [0.5, 0.6) is 0 Å². The number of ether oxygens (including phenoxy) is 1. The van der Waals surface area contributed by atoms with Crippen molar-refractivity contribution in [1.29, 1.82) is 0 Å². The molecule has 1 rings (SSSR count). The molecule has 0 fully saturated rings. The zero-order valence-electron chi connectivity index (χ0n) is 12.2. The second-order valence-corrected chi connectivity index (χ2v) is 4.72. The van der Waals surface area contributed by atoms with Gasteiger partial charge in [0.2, 0.25) is 0 Å². The molecule has 0 aliphatic carbocycles. The van der Waals surface area contributed by atoms with Gasteiger partial charge in [-0.3, -0.25) is 4.79 Å². The van der Waals surface area contributed by atoms with Crippen molar-refractivity contribution in [2.45, 2.75) is 20.3 Å². The molecule has 1 unspecified atom stereocenters. The molecule has 0 aromatic carbocycles. The number of nitrogens with one attached hydrogen (secondary N) is 2. The predicted octanol–water partition coefficient (Wildman–Crippen LogP) is 2.05. The molecule has 0 bridgehead atoms. The molecule has 2 N–H and O–H groups in total. The second kappa shape index (κ2) is 8.47. The fourth-order valence-corrected chi connectivity index (χ4v) is 1.69. The van der Waals surface area contributed by atoms with Crippen LogP contribution in [0.1, 0.15) is 30.6 Å². The first kappa shape index (κ1) is 16.4. The van der Waals surface area contributed by atoms with E-state index in [1.54, 1.807) is 7.11 Å². The van der Waals surface area contributed by atoms with Gasteiger partial charge in [-0.1, -0.05) is 13.8 Å². The zero-order chi connectivity index (χ0) is 15.0. The van der Waals surface area contributed by atoms with Gasteiger partial charge in [-0.2, -0.15) is 0 Å². The SMILES string of the molecule is CCCNc1nccc(C(=O)NCC(C)COC)c1F. The largest absolute Gasteiger partial charge is 0.384 e. The van der Waals surface area contributed by atoms with Crippen molar-refractivity contribution < 1.29 is 13.9 Å². The van der Waals surface area contributed by atoms with Crippen molar-refractivity contribution in [2.24, 2.45) is 5.92 Å². The van der Waals surface area contributed by atoms with Gasteiger partial charge in [-0.15, -0.1) is 0 Å². The summed E-state index contributed by atoms with van der Waals surface area (Å²) >= 11 is 0. The minimum atomic E-state index is -0.613. The fraction of sp³-hybridized carbons (Fsp3) is 0.571. The number of amides is 1. The molecule has 20 heavy (non-hydrogen) atoms. The van der Waals surface area contributed by atoms with Crippen LogP contribution in [-0.4, -0.2) is 37.7 Å². The highest BCUT2D eigenvalue weighted by Crippen LogP contribution is 2.15. The van der Waals surface area contributed by atoms with Crippen LogP contribution in [0.2, 0.25) is 0 Å². The molecule has 6 heteroatoms. The van der Waals surface area contributed by atoms with E-state index >= 15 is 0 Å². The molecule has 0 radical (unpaired) electrons. The van der Waals surface area contributed by atoms with Crippen LogP contribution in [0.4, 0.5) is 10.2 Å². The summed E-state index contributed by atoms with van der Waals surface area (Å²) in [6, 6.07) is 1.38. The van der Waals surface area contributed by atoms with E-state index in [0.29, 0.717) is 19.7 Å². The van der Waals surface area contributed by atoms with E-state index in [2.05, 4.69) is 15.6 Å². The number of halogens is 1. The van der Waals surface area contributed by atoms with Crippen molar-refractivity contribution >= 4 is 11.7 Å². The third-order valence-electron chi connectivity index (χ3n) is 2.74. The Hall–Kier alpha value is -1.69. The van der Waals surface area contributed by atoms with Crippen LogP contribution in [-0.2, 0) is 4.74 Å². The Morgan fingerprint density at radius 2 is 2.30 bits per heavy atom. The summed E-state index contributed by atoms with van der Waals surface area (Å²) in [5.74, 6) is -0.763. The molecule has 1 aromatic heterocycles. The fourth-order valence-electron chi connectivity index (χ4n) is 1.69. The summed E-state index contributed by atoms with van der Waals surface area (Å²) in [4.78, 5) is 15.9. The standard InChI is InChI=1S/C14H22FN3O2/c1-4-6-16-13-12(15)11(5-7-17-13)14(19)18-8-10(2)9-20-3/h5,7,10H,4,6,8-9H2,1-3H3,(H,16,17)(H,18,19). The van der Waals surface area contributed by atoms with Crippen LogP contribution in [0.15, 0.2) is 12.3 Å². The summed E-state index contributed by atoms with van der Waals surface area (Å²) in [6.07, 6.45) is 2.28. The number of pyridine rings is 1. The summed E-state index contributed by atoms with van der Waals surface area (Å²) in [5.41, 5.74) is 0.00298. The van der Waals surface area contributed by atoms with Gasteiger partial charge in [-0.25, -0.2) is 9.37 Å². The Labute approximate surface area is 118 Å². The first-order valence-electron chi connectivity index (χ1n) is 6.75. The van der Waals surface area contributed by atoms with Crippen molar-refractivity contribution in [2.75, 3.05) is 32.1 Å². The van der Waals surface area contributed by atoms with E-state index in [9.17, 15) is 9.18 Å². The maximum absolute atomic E-state index is 14.1. The molecule has 112 valence electrons. The van der Waals surface area contributed by atoms with Gasteiger partial charge in [0.05, 0.1) is 12.2 Å². The van der Waals surface area contributed by atoms with E-state index in [1.165, 1.54) is 12.3 Å². The summed E-state index contributed by atoms with van der Waals surface area (Å²) in [5, 5.41) is 5.55. The van der Waals surface area contributed by atoms with Crippen LogP contribution in [0.25, 0.3) is 0 Å². The number of hydrogen-bond acceptors (Lipinski definition) is 4. The van der Waals surface area contributed by atoms with E-state index in [4.69, 9.17) is 4.74 Å². The van der Waals surface area contributed by atoms with Crippen molar-refractivity contribution in [3.63, 3.8) is 0 Å². The van der Waals surface area contributed by atoms with Crippen LogP contribution >= 0.6 is 0 Å². The Morgan fingerprint density at radius 3 is 2.95 bits per heavy atom. The lowest BCUT2D eigenvalue weighted by molar-refractivity contribution is 0.0930. The number of aromatic nitrogens is 1. The maximum atomic E-state index is 14.1. The van der Waals surface area contributed by atoms with Gasteiger partial charge in [0, 0.05) is 26.4 Å². The minimum Gasteiger partial charge on any atom is -0.384 e. The average molecular weight is 283 g/mol. The Morgan fingerprint density at radius 1 is 1.55 bits per heavy atom. The van der Waals surface area contributed by atoms with Gasteiger partial charge in [0.15, 0.2) is 11.6 Å². The third-order valence-corrected chi connectivity index (χ3v) is 2.74. The van der Waals surface area contributed by atoms with Gasteiger partial charge in [-0.05, 0) is 18.4 Å². The van der Waals surface area contributed by atoms with E-state index in [0.717, 1.165) is 6.42 Å². The molecular weight excluding hydrogens is 261 g/mol. The smallest absolute Gasteiger partial charge is 0.254 e. The molecule has 0 aliphatic rings. The van der Waals surface area contributed by atoms with Gasteiger partial charge < -0.3 is 15.4 Å². The number of rotatable bonds is 8. The molecule has 1 atom stereocenters. The molecule has 0 aliphatic heterocycles. The average Bonchev–Trinajstić information content (AvgIpc) is 2.44. The van der Waals surface area contributed by atoms with Crippen molar-refractivity contribution in [3.05, 3.63) is 23.6 Å². The number of carbonyl (C=O) groups excluding carboxylic acids is 1. The lowest BCUT2D eigenvalue weighted by Crippen LogP contribution is -2.30. The first-order chi connectivity index (χ1) is 9.60. The molecule has 0 spiro atoms. The summed E-state index contributed by atoms with van der Waals surface area (Å²) in [6.45, 7) is 5.51. The Bertz CT molecular complexity index is 440. The van der Waals surface area contributed by atoms with E-state index in [1.807, 2.05) is 13.8 Å². The Balaban J connectivity index is 2.68. The lowest BCUT2D eigenvalue weighted by Gasteiger charge is -2.13. The molecule has 1 amide bonds. The topological polar surface area (TPSA) is 63.2 Å². The number of hydrogen-bond donors (Lipinski definition) is 2. The van der Waals surface area contributed by atoms with E-state index in [-0.39, 0.29) is 17.3 Å². The lowest BCUT2D eigenvalue weighted by atomic mass is 10.2. The highest BCUT2D eigenvalue weighted by Gasteiger charge is 2.16. The summed E-state index contributed by atoms with van der Waals surface area (Å²) < 4.78 is 19.1. The van der Waals surface area contributed by atoms with Crippen LogP contribution in [0, 0.1) is 11.7 Å². The third kappa shape index (κ3) is 4.77. The highest BCUT2D eigenvalue weighted by molar-refractivity contribution is 5.95. The van der Waals surface area contributed by atoms with Crippen molar-refractivity contribution in [3.8, 4) is 0 Å². The van der Waals surface area contributed by atoms with E-state index < -0.39 is 11.7 Å². The normalized spacial score (nSPS) is 12.0. The number of methoxy groups -OCH3 is 1. The maximum Gasteiger partial charge on any atom is 0.254 e. The molecule has 0 saturated carbocycles. The predicted molar refractivity (Wildman–Crippen MR) is 76.3 cm³/mol. The Kier molecular flexibility index (Phi) is 6.93. The second-order valence-electron chi connectivity index (χ2n) is 4.72.